The molecule has 0 aromatic heterocycles. The second kappa shape index (κ2) is 8.05. The van der Waals surface area contributed by atoms with Crippen molar-refractivity contribution in [1.29, 1.82) is 0 Å². The van der Waals surface area contributed by atoms with E-state index in [1.807, 2.05) is 0 Å². The third-order valence-corrected chi connectivity index (χ3v) is 8.26. The van der Waals surface area contributed by atoms with Gasteiger partial charge in [0.1, 0.15) is 5.75 Å². The Hall–Kier alpha value is -2.78. The number of esters is 1. The summed E-state index contributed by atoms with van der Waals surface area (Å²) in [6.45, 7) is 2.02. The van der Waals surface area contributed by atoms with E-state index in [0.717, 1.165) is 0 Å². The number of benzene rings is 2. The molecule has 0 bridgehead atoms. The number of carbonyl (C=O) groups is 2. The number of hydrogen-bond donors (Lipinski definition) is 1. The van der Waals surface area contributed by atoms with Crippen LogP contribution in [-0.2, 0) is 24.3 Å². The third-order valence-electron chi connectivity index (χ3n) is 5.46. The lowest BCUT2D eigenvalue weighted by molar-refractivity contribution is -0.145. The van der Waals surface area contributed by atoms with Crippen molar-refractivity contribution >= 4 is 44.9 Å². The zero-order chi connectivity index (χ0) is 22.2. The molecule has 0 unspecified atom stereocenters. The fourth-order valence-corrected chi connectivity index (χ4v) is 6.28. The molecule has 2 fully saturated rings. The molecule has 1 saturated carbocycles. The first kappa shape index (κ1) is 21.5. The van der Waals surface area contributed by atoms with Crippen LogP contribution in [0.1, 0.15) is 13.3 Å². The van der Waals surface area contributed by atoms with Gasteiger partial charge in [-0.2, -0.15) is 0 Å². The Balaban J connectivity index is 1.43. The third kappa shape index (κ3) is 3.83. The average Bonchev–Trinajstić information content (AvgIpc) is 3.44. The highest BCUT2D eigenvalue weighted by atomic mass is 35.5. The first-order chi connectivity index (χ1) is 14.8. The van der Waals surface area contributed by atoms with Gasteiger partial charge in [-0.25, -0.2) is 13.2 Å². The van der Waals surface area contributed by atoms with Gasteiger partial charge in [0.15, 0.2) is 11.4 Å². The Labute approximate surface area is 185 Å². The molecule has 1 N–H and O–H groups in total. The number of rotatable bonds is 7. The summed E-state index contributed by atoms with van der Waals surface area (Å²) in [4.78, 5) is 24.3. The summed E-state index contributed by atoms with van der Waals surface area (Å²) in [5, 5.41) is 3.21. The SMILES string of the molecule is CCOC(=O)COc1ccc(NC(=O)[C@]23C[C@H]2CN(c2ccc(Cl)cc2)S3(=O)=O)cc1. The number of amides is 1. The molecule has 1 aliphatic carbocycles. The van der Waals surface area contributed by atoms with Crippen LogP contribution in [-0.4, -0.2) is 44.8 Å². The molecule has 10 heteroatoms. The zero-order valence-corrected chi connectivity index (χ0v) is 18.3. The molecule has 0 spiro atoms. The monoisotopic (exact) mass is 464 g/mol. The van der Waals surface area contributed by atoms with Crippen molar-refractivity contribution in [1.82, 2.24) is 0 Å². The minimum atomic E-state index is -3.87. The zero-order valence-electron chi connectivity index (χ0n) is 16.7. The number of nitrogens with zero attached hydrogens (tertiary/aromatic N) is 1. The molecule has 2 aromatic carbocycles. The van der Waals surface area contributed by atoms with Crippen LogP contribution in [0.5, 0.6) is 5.75 Å². The van der Waals surface area contributed by atoms with Gasteiger partial charge in [-0.3, -0.25) is 9.10 Å². The van der Waals surface area contributed by atoms with Crippen molar-refractivity contribution < 1.29 is 27.5 Å². The first-order valence-corrected chi connectivity index (χ1v) is 11.6. The summed E-state index contributed by atoms with van der Waals surface area (Å²) < 4.78 is 36.3. The lowest BCUT2D eigenvalue weighted by atomic mass is 10.2. The van der Waals surface area contributed by atoms with E-state index < -0.39 is 26.6 Å². The van der Waals surface area contributed by atoms with Gasteiger partial charge in [-0.05, 0) is 61.9 Å². The molecule has 2 aromatic rings. The largest absolute Gasteiger partial charge is 0.482 e. The summed E-state index contributed by atoms with van der Waals surface area (Å²) in [5.74, 6) is -0.860. The van der Waals surface area contributed by atoms with E-state index in [1.54, 1.807) is 55.5 Å². The number of fused-ring (bicyclic) bond motifs is 1. The second-order valence-electron chi connectivity index (χ2n) is 7.38. The number of nitrogens with one attached hydrogen (secondary N) is 1. The van der Waals surface area contributed by atoms with Crippen molar-refractivity contribution in [3.05, 3.63) is 53.6 Å². The topological polar surface area (TPSA) is 102 Å². The number of hydrogen-bond acceptors (Lipinski definition) is 6. The lowest BCUT2D eigenvalue weighted by Gasteiger charge is -2.23. The normalized spacial score (nSPS) is 23.0. The molecule has 2 aliphatic rings. The molecular weight excluding hydrogens is 444 g/mol. The molecule has 8 nitrogen and oxygen atoms in total. The first-order valence-electron chi connectivity index (χ1n) is 9.75. The van der Waals surface area contributed by atoms with Crippen molar-refractivity contribution in [2.75, 3.05) is 29.4 Å². The van der Waals surface area contributed by atoms with E-state index in [9.17, 15) is 18.0 Å². The van der Waals surface area contributed by atoms with Gasteiger partial charge in [-0.1, -0.05) is 11.6 Å². The summed E-state index contributed by atoms with van der Waals surface area (Å²) >= 11 is 5.89. The van der Waals surface area contributed by atoms with Gasteiger partial charge in [0, 0.05) is 23.2 Å². The quantitative estimate of drug-likeness (QED) is 0.632. The van der Waals surface area contributed by atoms with Gasteiger partial charge in [-0.15, -0.1) is 0 Å². The van der Waals surface area contributed by atoms with Crippen molar-refractivity contribution in [3.8, 4) is 5.75 Å². The lowest BCUT2D eigenvalue weighted by Crippen LogP contribution is -2.42. The summed E-state index contributed by atoms with van der Waals surface area (Å²) in [6, 6.07) is 12.8. The Kier molecular flexibility index (Phi) is 5.57. The van der Waals surface area contributed by atoms with Crippen LogP contribution in [0.4, 0.5) is 11.4 Å². The van der Waals surface area contributed by atoms with Gasteiger partial charge >= 0.3 is 5.97 Å². The number of halogens is 1. The van der Waals surface area contributed by atoms with Gasteiger partial charge in [0.2, 0.25) is 15.9 Å². The van der Waals surface area contributed by atoms with E-state index >= 15 is 0 Å². The molecule has 1 amide bonds. The van der Waals surface area contributed by atoms with E-state index in [2.05, 4.69) is 5.32 Å². The number of sulfonamides is 1. The molecule has 164 valence electrons. The Morgan fingerprint density at radius 1 is 1.16 bits per heavy atom. The van der Waals surface area contributed by atoms with Crippen LogP contribution in [0.15, 0.2) is 48.5 Å². The van der Waals surface area contributed by atoms with Crippen LogP contribution in [0.3, 0.4) is 0 Å². The Bertz CT molecular complexity index is 1100. The van der Waals surface area contributed by atoms with Crippen LogP contribution in [0.25, 0.3) is 0 Å². The molecule has 0 radical (unpaired) electrons. The van der Waals surface area contributed by atoms with E-state index in [1.165, 1.54) is 4.31 Å². The maximum Gasteiger partial charge on any atom is 0.344 e. The fourth-order valence-electron chi connectivity index (χ4n) is 3.79. The Morgan fingerprint density at radius 2 is 1.84 bits per heavy atom. The highest BCUT2D eigenvalue weighted by Gasteiger charge is 2.75. The molecular formula is C21H21ClN2O6S. The Morgan fingerprint density at radius 3 is 2.48 bits per heavy atom. The second-order valence-corrected chi connectivity index (χ2v) is 9.93. The summed E-state index contributed by atoms with van der Waals surface area (Å²) in [7, 11) is -3.87. The summed E-state index contributed by atoms with van der Waals surface area (Å²) in [6.07, 6.45) is 0.298. The van der Waals surface area contributed by atoms with Gasteiger partial charge in [0.05, 0.1) is 12.3 Å². The maximum absolute atomic E-state index is 13.2. The molecule has 1 saturated heterocycles. The van der Waals surface area contributed by atoms with Crippen LogP contribution < -0.4 is 14.4 Å². The predicted molar refractivity (Wildman–Crippen MR) is 116 cm³/mol. The number of ether oxygens (including phenoxy) is 2. The molecule has 2 atom stereocenters. The van der Waals surface area contributed by atoms with Crippen LogP contribution in [0.2, 0.25) is 5.02 Å². The minimum absolute atomic E-state index is 0.219. The standard InChI is InChI=1S/C21H21ClN2O6S/c1-2-29-19(25)13-30-18-9-5-16(6-10-18)23-20(26)21-11-14(21)12-24(31(21,27)28)17-7-3-15(22)4-8-17/h3-10,14H,2,11-13H2,1H3,(H,23,26)/t14-,21-/m0/s1. The van der Waals surface area contributed by atoms with Crippen LogP contribution >= 0.6 is 11.6 Å². The number of anilines is 2. The average molecular weight is 465 g/mol. The minimum Gasteiger partial charge on any atom is -0.482 e. The van der Waals surface area contributed by atoms with E-state index in [0.29, 0.717) is 28.6 Å². The maximum atomic E-state index is 13.2. The van der Waals surface area contributed by atoms with Crippen LogP contribution in [0, 0.1) is 5.92 Å². The van der Waals surface area contributed by atoms with Crippen molar-refractivity contribution in [2.45, 2.75) is 18.1 Å². The van der Waals surface area contributed by atoms with E-state index in [4.69, 9.17) is 21.1 Å². The van der Waals surface area contributed by atoms with Crippen molar-refractivity contribution in [2.24, 2.45) is 5.92 Å². The van der Waals surface area contributed by atoms with Crippen molar-refractivity contribution in [3.63, 3.8) is 0 Å². The molecule has 1 aliphatic heterocycles. The molecule has 31 heavy (non-hydrogen) atoms. The van der Waals surface area contributed by atoms with Gasteiger partial charge < -0.3 is 14.8 Å². The molecule has 1 heterocycles. The number of carbonyl (C=O) groups excluding carboxylic acids is 2. The predicted octanol–water partition coefficient (Wildman–Crippen LogP) is 2.83. The highest BCUT2D eigenvalue weighted by molar-refractivity contribution is 7.95. The smallest absolute Gasteiger partial charge is 0.344 e. The van der Waals surface area contributed by atoms with Gasteiger partial charge in [0.25, 0.3) is 0 Å². The fraction of sp³-hybridized carbons (Fsp3) is 0.333. The summed E-state index contributed by atoms with van der Waals surface area (Å²) in [5.41, 5.74) is 0.931. The highest BCUT2D eigenvalue weighted by Crippen LogP contribution is 2.58. The van der Waals surface area contributed by atoms with E-state index in [-0.39, 0.29) is 25.7 Å². The molecule has 4 rings (SSSR count).